The number of carbonyl (C=O) groups excluding carboxylic acids is 4. The van der Waals surface area contributed by atoms with Gasteiger partial charge in [0.05, 0.1) is 62.0 Å². The van der Waals surface area contributed by atoms with Gasteiger partial charge in [-0.05, 0) is 36.1 Å². The van der Waals surface area contributed by atoms with E-state index >= 15 is 0 Å². The summed E-state index contributed by atoms with van der Waals surface area (Å²) in [6.07, 6.45) is 15.0. The summed E-state index contributed by atoms with van der Waals surface area (Å²) in [5.74, 6) is 0.931. The van der Waals surface area contributed by atoms with Gasteiger partial charge in [-0.2, -0.15) is 0 Å². The smallest absolute Gasteiger partial charge is 0.260 e. The van der Waals surface area contributed by atoms with Gasteiger partial charge in [0.25, 0.3) is 11.8 Å². The first-order valence-corrected chi connectivity index (χ1v) is 17.1. The molecular weight excluding hydrogens is 680 g/mol. The van der Waals surface area contributed by atoms with Crippen LogP contribution in [0.5, 0.6) is 23.0 Å². The lowest BCUT2D eigenvalue weighted by molar-refractivity contribution is -0.124. The van der Waals surface area contributed by atoms with Crippen molar-refractivity contribution in [3.8, 4) is 23.0 Å². The molecule has 0 unspecified atom stereocenters. The van der Waals surface area contributed by atoms with E-state index in [0.29, 0.717) is 64.8 Å². The predicted molar refractivity (Wildman–Crippen MR) is 199 cm³/mol. The summed E-state index contributed by atoms with van der Waals surface area (Å²) in [5, 5.41) is 0. The van der Waals surface area contributed by atoms with Gasteiger partial charge in [-0.15, -0.1) is 0 Å². The van der Waals surface area contributed by atoms with Crippen molar-refractivity contribution in [1.82, 2.24) is 19.6 Å². The number of hydrogen-bond donors (Lipinski definition) is 0. The Kier molecular flexibility index (Phi) is 10.8. The fraction of sp³-hybridized carbons (Fsp3) is 0.333. The molecule has 53 heavy (non-hydrogen) atoms. The van der Waals surface area contributed by atoms with Gasteiger partial charge in [-0.3, -0.25) is 29.2 Å². The lowest BCUT2D eigenvalue weighted by Crippen LogP contribution is -2.32. The number of benzene rings is 2. The third kappa shape index (κ3) is 7.86. The Bertz CT molecular complexity index is 1870. The Labute approximate surface area is 307 Å². The van der Waals surface area contributed by atoms with Gasteiger partial charge < -0.3 is 38.5 Å². The number of ether oxygens (including phenoxy) is 4. The van der Waals surface area contributed by atoms with Gasteiger partial charge in [0.1, 0.15) is 0 Å². The van der Waals surface area contributed by atoms with Crippen molar-refractivity contribution in [3.63, 3.8) is 0 Å². The molecule has 4 heterocycles. The van der Waals surface area contributed by atoms with E-state index in [4.69, 9.17) is 18.9 Å². The molecule has 0 saturated heterocycles. The molecule has 4 amide bonds. The first-order valence-electron chi connectivity index (χ1n) is 17.1. The highest BCUT2D eigenvalue weighted by molar-refractivity contribution is 6.05. The van der Waals surface area contributed by atoms with E-state index in [-0.39, 0.29) is 48.9 Å². The second-order valence-corrected chi connectivity index (χ2v) is 13.2. The Balaban J connectivity index is 1.08. The van der Waals surface area contributed by atoms with Gasteiger partial charge in [-0.1, -0.05) is 12.2 Å². The average Bonchev–Trinajstić information content (AvgIpc) is 3.70. The summed E-state index contributed by atoms with van der Waals surface area (Å²) in [4.78, 5) is 66.5. The third-order valence-corrected chi connectivity index (χ3v) is 9.04. The van der Waals surface area contributed by atoms with Gasteiger partial charge in [-0.25, -0.2) is 0 Å². The summed E-state index contributed by atoms with van der Waals surface area (Å²) in [6.45, 7) is 0.547. The fourth-order valence-electron chi connectivity index (χ4n) is 6.11. The molecule has 0 aliphatic carbocycles. The highest BCUT2D eigenvalue weighted by Gasteiger charge is 2.34. The number of hydrogen-bond acceptors (Lipinski definition) is 10. The number of carbonyl (C=O) groups is 4. The molecule has 14 nitrogen and oxygen atoms in total. The van der Waals surface area contributed by atoms with E-state index in [1.54, 1.807) is 99.2 Å². The largest absolute Gasteiger partial charge is 0.493 e. The Morgan fingerprint density at radius 3 is 1.49 bits per heavy atom. The molecule has 2 atom stereocenters. The summed E-state index contributed by atoms with van der Waals surface area (Å²) in [6, 6.07) is 6.10. The standard InChI is InChI=1S/C39H42N6O8/c1-42(2)36(46)10-8-24-14-26-20-40-30-18-34(32(50-5)16-28(30)38(48)44(26)22-24)52-12-7-13-53-35-19-31-29(17-33(35)51-6)39(49)45-23-25(15-27(45)21-41-31)9-11-37(47)43(3)4/h8-11,16-23,26-27H,7,12-15H2,1-6H3/t26-,27-/m0/s1. The van der Waals surface area contributed by atoms with E-state index in [1.165, 1.54) is 36.2 Å². The topological polar surface area (TPSA) is 143 Å². The van der Waals surface area contributed by atoms with Crippen LogP contribution in [0.4, 0.5) is 11.4 Å². The highest BCUT2D eigenvalue weighted by atomic mass is 16.5. The molecule has 0 radical (unpaired) electrons. The van der Waals surface area contributed by atoms with Crippen LogP contribution in [0.25, 0.3) is 0 Å². The first kappa shape index (κ1) is 36.6. The van der Waals surface area contributed by atoms with E-state index < -0.39 is 0 Å². The van der Waals surface area contributed by atoms with Crippen LogP contribution in [0.3, 0.4) is 0 Å². The number of amides is 4. The van der Waals surface area contributed by atoms with Gasteiger partial charge in [0, 0.05) is 83.7 Å². The Morgan fingerprint density at radius 1 is 0.698 bits per heavy atom. The maximum atomic E-state index is 13.6. The summed E-state index contributed by atoms with van der Waals surface area (Å²) < 4.78 is 23.3. The predicted octanol–water partition coefficient (Wildman–Crippen LogP) is 4.47. The number of methoxy groups -OCH3 is 2. The van der Waals surface area contributed by atoms with Crippen molar-refractivity contribution in [2.45, 2.75) is 31.3 Å². The van der Waals surface area contributed by atoms with Crippen LogP contribution in [0, 0.1) is 0 Å². The molecule has 14 heteroatoms. The average molecular weight is 723 g/mol. The molecular formula is C39H42N6O8. The molecule has 0 spiro atoms. The molecule has 0 fully saturated rings. The van der Waals surface area contributed by atoms with Crippen LogP contribution in [-0.2, 0) is 9.59 Å². The van der Waals surface area contributed by atoms with Crippen molar-refractivity contribution in [2.75, 3.05) is 55.6 Å². The molecule has 4 aliphatic rings. The lowest BCUT2D eigenvalue weighted by Gasteiger charge is -2.19. The number of nitrogens with zero attached hydrogens (tertiary/aromatic N) is 6. The van der Waals surface area contributed by atoms with Gasteiger partial charge >= 0.3 is 0 Å². The number of aliphatic imine (C=N–C) groups is 2. The van der Waals surface area contributed by atoms with Crippen LogP contribution >= 0.6 is 0 Å². The second kappa shape index (κ2) is 15.6. The van der Waals surface area contributed by atoms with Crippen LogP contribution in [0.15, 0.2) is 82.1 Å². The Hall–Kier alpha value is -6.18. The minimum absolute atomic E-state index is 0.137. The molecule has 4 aliphatic heterocycles. The molecule has 6 rings (SSSR count). The number of fused-ring (bicyclic) bond motifs is 4. The van der Waals surface area contributed by atoms with Crippen molar-refractivity contribution in [3.05, 3.63) is 83.2 Å². The normalized spacial score (nSPS) is 18.5. The zero-order chi connectivity index (χ0) is 37.8. The van der Waals surface area contributed by atoms with Crippen molar-refractivity contribution in [1.29, 1.82) is 0 Å². The molecule has 2 aromatic carbocycles. The van der Waals surface area contributed by atoms with Crippen molar-refractivity contribution >= 4 is 47.4 Å². The first-order chi connectivity index (χ1) is 25.5. The monoisotopic (exact) mass is 722 g/mol. The molecule has 276 valence electrons. The van der Waals surface area contributed by atoms with Crippen LogP contribution < -0.4 is 18.9 Å². The zero-order valence-electron chi connectivity index (χ0n) is 30.6. The molecule has 2 aromatic rings. The van der Waals surface area contributed by atoms with Gasteiger partial charge in [0.2, 0.25) is 11.8 Å². The molecule has 0 aromatic heterocycles. The molecule has 0 bridgehead atoms. The van der Waals surface area contributed by atoms with Crippen molar-refractivity contribution in [2.24, 2.45) is 9.98 Å². The van der Waals surface area contributed by atoms with Crippen LogP contribution in [-0.4, -0.2) is 123 Å². The maximum Gasteiger partial charge on any atom is 0.260 e. The lowest BCUT2D eigenvalue weighted by atomic mass is 10.1. The number of allylic oxidation sites excluding steroid dienone is 2. The minimum Gasteiger partial charge on any atom is -0.493 e. The maximum absolute atomic E-state index is 13.6. The summed E-state index contributed by atoms with van der Waals surface area (Å²) >= 11 is 0. The van der Waals surface area contributed by atoms with E-state index in [0.717, 1.165) is 11.1 Å². The highest BCUT2D eigenvalue weighted by Crippen LogP contribution is 2.40. The SMILES string of the molecule is COc1cc2c(cc1OCCCOc1cc3c(cc1OC)C(=O)N1C=C(C=CC(=O)N(C)C)C[C@H]1C=N3)N=C[C@@H]1CC(C=CC(=O)N(C)C)=CN1C2=O. The number of rotatable bonds is 12. The van der Waals surface area contributed by atoms with E-state index in [9.17, 15) is 19.2 Å². The quantitative estimate of drug-likeness (QED) is 0.231. The third-order valence-electron chi connectivity index (χ3n) is 9.04. The van der Waals surface area contributed by atoms with Gasteiger partial charge in [0.15, 0.2) is 23.0 Å². The minimum atomic E-state index is -0.277. The summed E-state index contributed by atoms with van der Waals surface area (Å²) in [5.41, 5.74) is 3.40. The molecule has 0 N–H and O–H groups in total. The molecule has 0 saturated carbocycles. The Morgan fingerprint density at radius 2 is 1.11 bits per heavy atom. The fourth-order valence-corrected chi connectivity index (χ4v) is 6.11. The zero-order valence-corrected chi connectivity index (χ0v) is 30.6. The summed E-state index contributed by atoms with van der Waals surface area (Å²) in [7, 11) is 9.74. The van der Waals surface area contributed by atoms with E-state index in [1.807, 2.05) is 0 Å². The van der Waals surface area contributed by atoms with Crippen molar-refractivity contribution < 1.29 is 38.1 Å². The van der Waals surface area contributed by atoms with E-state index in [2.05, 4.69) is 9.98 Å². The number of likely N-dealkylation sites (N-methyl/N-ethyl adjacent to an activating group) is 2. The van der Waals surface area contributed by atoms with Crippen LogP contribution in [0.2, 0.25) is 0 Å². The second-order valence-electron chi connectivity index (χ2n) is 13.2. The van der Waals surface area contributed by atoms with Crippen LogP contribution in [0.1, 0.15) is 40.0 Å².